The molecule has 128 valence electrons. The highest BCUT2D eigenvalue weighted by Crippen LogP contribution is 2.27. The number of carbonyl (C=O) groups excluding carboxylic acids is 2. The van der Waals surface area contributed by atoms with Crippen molar-refractivity contribution in [2.45, 2.75) is 19.8 Å². The summed E-state index contributed by atoms with van der Waals surface area (Å²) in [6.07, 6.45) is 2.05. The highest BCUT2D eigenvalue weighted by molar-refractivity contribution is 6.35. The van der Waals surface area contributed by atoms with Gasteiger partial charge in [-0.3, -0.25) is 20.4 Å². The summed E-state index contributed by atoms with van der Waals surface area (Å²) in [6.45, 7) is 2.04. The number of amides is 2. The summed E-state index contributed by atoms with van der Waals surface area (Å²) in [4.78, 5) is 23.4. The standard InChI is InChI=1S/C16H16Cl2N2O4/c1-10-6-8-24-15(10)16(22)20-19-14(21)3-2-7-23-13-5-4-11(17)9-12(13)18/h4-6,8-9H,2-3,7H2,1H3,(H,19,21)(H,20,22). The van der Waals surface area contributed by atoms with Crippen LogP contribution < -0.4 is 15.6 Å². The molecule has 0 aliphatic carbocycles. The minimum absolute atomic E-state index is 0.163. The Bertz CT molecular complexity index is 731. The highest BCUT2D eigenvalue weighted by atomic mass is 35.5. The fourth-order valence-electron chi connectivity index (χ4n) is 1.86. The van der Waals surface area contributed by atoms with Gasteiger partial charge in [0.05, 0.1) is 17.9 Å². The molecule has 0 saturated heterocycles. The Hall–Kier alpha value is -2.18. The topological polar surface area (TPSA) is 80.6 Å². The van der Waals surface area contributed by atoms with Crippen molar-refractivity contribution in [2.75, 3.05) is 6.61 Å². The Morgan fingerprint density at radius 3 is 2.67 bits per heavy atom. The minimum atomic E-state index is -0.505. The van der Waals surface area contributed by atoms with Gasteiger partial charge in [-0.05, 0) is 37.6 Å². The number of ether oxygens (including phenoxy) is 1. The maximum absolute atomic E-state index is 11.7. The number of hydrogen-bond acceptors (Lipinski definition) is 4. The van der Waals surface area contributed by atoms with Crippen molar-refractivity contribution in [3.8, 4) is 5.75 Å². The number of benzene rings is 1. The van der Waals surface area contributed by atoms with Crippen LogP contribution in [0.25, 0.3) is 0 Å². The molecule has 2 amide bonds. The van der Waals surface area contributed by atoms with Gasteiger partial charge in [-0.15, -0.1) is 0 Å². The quantitative estimate of drug-likeness (QED) is 0.602. The van der Waals surface area contributed by atoms with Gasteiger partial charge < -0.3 is 9.15 Å². The van der Waals surface area contributed by atoms with E-state index in [4.69, 9.17) is 32.4 Å². The molecular formula is C16H16Cl2N2O4. The lowest BCUT2D eigenvalue weighted by molar-refractivity contribution is -0.122. The molecule has 0 bridgehead atoms. The molecule has 0 aliphatic heterocycles. The van der Waals surface area contributed by atoms with Crippen molar-refractivity contribution in [1.82, 2.24) is 10.9 Å². The molecule has 1 aromatic carbocycles. The highest BCUT2D eigenvalue weighted by Gasteiger charge is 2.13. The molecule has 0 aliphatic rings. The Labute approximate surface area is 149 Å². The zero-order valence-electron chi connectivity index (χ0n) is 12.9. The van der Waals surface area contributed by atoms with E-state index in [2.05, 4.69) is 10.9 Å². The molecule has 2 N–H and O–H groups in total. The van der Waals surface area contributed by atoms with Crippen LogP contribution in [0.3, 0.4) is 0 Å². The zero-order chi connectivity index (χ0) is 17.5. The Morgan fingerprint density at radius 2 is 2.00 bits per heavy atom. The third-order valence-electron chi connectivity index (χ3n) is 3.08. The van der Waals surface area contributed by atoms with E-state index in [9.17, 15) is 9.59 Å². The van der Waals surface area contributed by atoms with E-state index in [1.165, 1.54) is 6.26 Å². The molecule has 1 heterocycles. The third kappa shape index (κ3) is 5.18. The summed E-state index contributed by atoms with van der Waals surface area (Å²) >= 11 is 11.8. The normalized spacial score (nSPS) is 10.3. The van der Waals surface area contributed by atoms with Gasteiger partial charge in [0, 0.05) is 17.0 Å². The smallest absolute Gasteiger partial charge is 0.305 e. The van der Waals surface area contributed by atoms with Gasteiger partial charge >= 0.3 is 5.91 Å². The van der Waals surface area contributed by atoms with Crippen LogP contribution in [0, 0.1) is 6.92 Å². The largest absolute Gasteiger partial charge is 0.492 e. The molecule has 1 aromatic heterocycles. The first kappa shape index (κ1) is 18.2. The number of halogens is 2. The summed E-state index contributed by atoms with van der Waals surface area (Å²) < 4.78 is 10.5. The zero-order valence-corrected chi connectivity index (χ0v) is 14.4. The second-order valence-corrected chi connectivity index (χ2v) is 5.81. The number of aryl methyl sites for hydroxylation is 1. The summed E-state index contributed by atoms with van der Waals surface area (Å²) in [5.41, 5.74) is 5.30. The van der Waals surface area contributed by atoms with E-state index < -0.39 is 5.91 Å². The maximum Gasteiger partial charge on any atom is 0.305 e. The number of hydrazine groups is 1. The van der Waals surface area contributed by atoms with E-state index in [0.29, 0.717) is 34.4 Å². The number of rotatable bonds is 6. The van der Waals surface area contributed by atoms with Crippen LogP contribution in [-0.4, -0.2) is 18.4 Å². The van der Waals surface area contributed by atoms with Crippen molar-refractivity contribution in [3.63, 3.8) is 0 Å². The monoisotopic (exact) mass is 370 g/mol. The molecule has 0 unspecified atom stereocenters. The minimum Gasteiger partial charge on any atom is -0.492 e. The van der Waals surface area contributed by atoms with Crippen LogP contribution in [0.5, 0.6) is 5.75 Å². The average molecular weight is 371 g/mol. The van der Waals surface area contributed by atoms with E-state index in [0.717, 1.165) is 0 Å². The van der Waals surface area contributed by atoms with Crippen molar-refractivity contribution in [2.24, 2.45) is 0 Å². The predicted octanol–water partition coefficient (Wildman–Crippen LogP) is 3.52. The van der Waals surface area contributed by atoms with Gasteiger partial charge in [-0.2, -0.15) is 0 Å². The first-order chi connectivity index (χ1) is 11.5. The van der Waals surface area contributed by atoms with E-state index in [-0.39, 0.29) is 18.1 Å². The second kappa shape index (κ2) is 8.61. The van der Waals surface area contributed by atoms with Crippen molar-refractivity contribution in [1.29, 1.82) is 0 Å². The fraction of sp³-hybridized carbons (Fsp3) is 0.250. The molecule has 0 fully saturated rings. The number of nitrogens with one attached hydrogen (secondary N) is 2. The van der Waals surface area contributed by atoms with Gasteiger partial charge in [-0.1, -0.05) is 23.2 Å². The number of hydrogen-bond donors (Lipinski definition) is 2. The maximum atomic E-state index is 11.7. The Kier molecular flexibility index (Phi) is 6.52. The van der Waals surface area contributed by atoms with Gasteiger partial charge in [0.1, 0.15) is 5.75 Å². The number of carbonyl (C=O) groups is 2. The lowest BCUT2D eigenvalue weighted by Crippen LogP contribution is -2.41. The van der Waals surface area contributed by atoms with E-state index in [1.807, 2.05) is 0 Å². The predicted molar refractivity (Wildman–Crippen MR) is 90.2 cm³/mol. The summed E-state index contributed by atoms with van der Waals surface area (Å²) in [5, 5.41) is 0.933. The third-order valence-corrected chi connectivity index (χ3v) is 3.61. The summed E-state index contributed by atoms with van der Waals surface area (Å²) in [7, 11) is 0. The van der Waals surface area contributed by atoms with Crippen molar-refractivity contribution < 1.29 is 18.7 Å². The number of furan rings is 1. The molecule has 2 aromatic rings. The van der Waals surface area contributed by atoms with Crippen LogP contribution >= 0.6 is 23.2 Å². The van der Waals surface area contributed by atoms with E-state index >= 15 is 0 Å². The van der Waals surface area contributed by atoms with Crippen LogP contribution in [0.1, 0.15) is 29.0 Å². The van der Waals surface area contributed by atoms with Gasteiger partial charge in [0.25, 0.3) is 0 Å². The second-order valence-electron chi connectivity index (χ2n) is 4.96. The molecule has 0 radical (unpaired) electrons. The molecule has 2 rings (SSSR count). The summed E-state index contributed by atoms with van der Waals surface area (Å²) in [6, 6.07) is 6.57. The lowest BCUT2D eigenvalue weighted by atomic mass is 10.3. The first-order valence-electron chi connectivity index (χ1n) is 7.18. The van der Waals surface area contributed by atoms with Crippen LogP contribution in [-0.2, 0) is 4.79 Å². The van der Waals surface area contributed by atoms with Crippen molar-refractivity contribution >= 4 is 35.0 Å². The van der Waals surface area contributed by atoms with Crippen LogP contribution in [0.4, 0.5) is 0 Å². The molecule has 0 atom stereocenters. The molecule has 0 saturated carbocycles. The average Bonchev–Trinajstić information content (AvgIpc) is 2.97. The molecule has 6 nitrogen and oxygen atoms in total. The molecule has 24 heavy (non-hydrogen) atoms. The molecule has 8 heteroatoms. The van der Waals surface area contributed by atoms with E-state index in [1.54, 1.807) is 31.2 Å². The van der Waals surface area contributed by atoms with Gasteiger partial charge in [-0.25, -0.2) is 0 Å². The molecular weight excluding hydrogens is 355 g/mol. The fourth-order valence-corrected chi connectivity index (χ4v) is 2.32. The van der Waals surface area contributed by atoms with Gasteiger partial charge in [0.2, 0.25) is 5.91 Å². The Balaban J connectivity index is 1.66. The van der Waals surface area contributed by atoms with Crippen LogP contribution in [0.2, 0.25) is 10.0 Å². The SMILES string of the molecule is Cc1ccoc1C(=O)NNC(=O)CCCOc1ccc(Cl)cc1Cl. The van der Waals surface area contributed by atoms with Gasteiger partial charge in [0.15, 0.2) is 5.76 Å². The summed E-state index contributed by atoms with van der Waals surface area (Å²) in [5.74, 6) is -0.174. The lowest BCUT2D eigenvalue weighted by Gasteiger charge is -2.09. The Morgan fingerprint density at radius 1 is 1.21 bits per heavy atom. The molecule has 0 spiro atoms. The first-order valence-corrected chi connectivity index (χ1v) is 7.94. The van der Waals surface area contributed by atoms with Crippen LogP contribution in [0.15, 0.2) is 34.9 Å². The van der Waals surface area contributed by atoms with Crippen molar-refractivity contribution in [3.05, 3.63) is 51.9 Å².